The van der Waals surface area contributed by atoms with Crippen LogP contribution in [0, 0.1) is 0 Å². The van der Waals surface area contributed by atoms with Gasteiger partial charge < -0.3 is 15.2 Å². The fourth-order valence-electron chi connectivity index (χ4n) is 1.57. The Labute approximate surface area is 128 Å². The van der Waals surface area contributed by atoms with Crippen LogP contribution in [-0.4, -0.2) is 24.8 Å². The molecule has 0 heterocycles. The second-order valence-electron chi connectivity index (χ2n) is 5.36. The highest BCUT2D eigenvalue weighted by molar-refractivity contribution is 6.30. The van der Waals surface area contributed by atoms with Crippen LogP contribution in [0.4, 0.5) is 10.5 Å². The highest BCUT2D eigenvalue weighted by atomic mass is 35.5. The summed E-state index contributed by atoms with van der Waals surface area (Å²) >= 11 is 5.90. The van der Waals surface area contributed by atoms with Crippen LogP contribution in [0.5, 0.6) is 0 Å². The van der Waals surface area contributed by atoms with Gasteiger partial charge in [-0.05, 0) is 39.0 Å². The minimum Gasteiger partial charge on any atom is -0.468 e. The van der Waals surface area contributed by atoms with Gasteiger partial charge >= 0.3 is 12.1 Å². The van der Waals surface area contributed by atoms with Crippen molar-refractivity contribution in [3.05, 3.63) is 28.8 Å². The van der Waals surface area contributed by atoms with Gasteiger partial charge in [0.1, 0.15) is 11.6 Å². The Morgan fingerprint density at radius 3 is 2.48 bits per heavy atom. The molecule has 0 aliphatic carbocycles. The topological polar surface area (TPSA) is 90.6 Å². The van der Waals surface area contributed by atoms with Crippen molar-refractivity contribution in [1.29, 1.82) is 0 Å². The molecule has 6 nitrogen and oxygen atoms in total. The average Bonchev–Trinajstić information content (AvgIpc) is 2.36. The van der Waals surface area contributed by atoms with E-state index in [2.05, 4.69) is 10.1 Å². The lowest BCUT2D eigenvalue weighted by atomic mass is 10.1. The second-order valence-corrected chi connectivity index (χ2v) is 5.80. The Hall–Kier alpha value is -1.79. The fourth-order valence-corrected chi connectivity index (χ4v) is 1.75. The van der Waals surface area contributed by atoms with Gasteiger partial charge in [0.05, 0.1) is 7.11 Å². The molecule has 21 heavy (non-hydrogen) atoms. The number of methoxy groups -OCH3 is 1. The van der Waals surface area contributed by atoms with Crippen molar-refractivity contribution < 1.29 is 19.1 Å². The van der Waals surface area contributed by atoms with Crippen molar-refractivity contribution >= 4 is 29.4 Å². The van der Waals surface area contributed by atoms with Gasteiger partial charge in [0.15, 0.2) is 0 Å². The molecule has 1 aromatic rings. The molecule has 1 atom stereocenters. The number of rotatable bonds is 3. The molecule has 0 aromatic heterocycles. The number of carbonyl (C=O) groups is 2. The summed E-state index contributed by atoms with van der Waals surface area (Å²) in [7, 11) is 1.23. The first-order valence-electron chi connectivity index (χ1n) is 6.27. The maximum absolute atomic E-state index is 11.8. The molecule has 1 amide bonds. The number of amides is 1. The summed E-state index contributed by atoms with van der Waals surface area (Å²) in [6.07, 6.45) is -0.650. The monoisotopic (exact) mass is 314 g/mol. The molecule has 1 aromatic carbocycles. The van der Waals surface area contributed by atoms with Crippen molar-refractivity contribution in [1.82, 2.24) is 0 Å². The number of carbonyl (C=O) groups excluding carboxylic acids is 2. The molecule has 116 valence electrons. The van der Waals surface area contributed by atoms with E-state index in [1.807, 2.05) is 0 Å². The number of hydrogen-bond donors (Lipinski definition) is 2. The maximum atomic E-state index is 11.8. The van der Waals surface area contributed by atoms with Gasteiger partial charge in [-0.2, -0.15) is 0 Å². The molecule has 0 aliphatic heterocycles. The van der Waals surface area contributed by atoms with E-state index in [0.717, 1.165) is 0 Å². The van der Waals surface area contributed by atoms with Crippen molar-refractivity contribution in [2.45, 2.75) is 32.4 Å². The molecule has 0 aliphatic rings. The molecule has 0 spiro atoms. The number of halogens is 1. The largest absolute Gasteiger partial charge is 0.468 e. The van der Waals surface area contributed by atoms with Crippen LogP contribution >= 0.6 is 11.6 Å². The van der Waals surface area contributed by atoms with Gasteiger partial charge in [0, 0.05) is 16.3 Å². The molecule has 3 N–H and O–H groups in total. The van der Waals surface area contributed by atoms with Gasteiger partial charge in [-0.3, -0.25) is 10.1 Å². The minimum absolute atomic E-state index is 0.339. The lowest BCUT2D eigenvalue weighted by Crippen LogP contribution is -2.29. The van der Waals surface area contributed by atoms with Crippen LogP contribution in [-0.2, 0) is 14.3 Å². The Bertz CT molecular complexity index is 540. The summed E-state index contributed by atoms with van der Waals surface area (Å²) in [4.78, 5) is 23.4. The summed E-state index contributed by atoms with van der Waals surface area (Å²) in [6.45, 7) is 5.24. The molecule has 0 fully saturated rings. The zero-order valence-electron chi connectivity index (χ0n) is 12.4. The minimum atomic E-state index is -1.06. The first-order chi connectivity index (χ1) is 9.64. The number of esters is 1. The van der Waals surface area contributed by atoms with Gasteiger partial charge in [-0.25, -0.2) is 4.79 Å². The highest BCUT2D eigenvalue weighted by Crippen LogP contribution is 2.26. The van der Waals surface area contributed by atoms with Gasteiger partial charge in [-0.1, -0.05) is 11.6 Å². The summed E-state index contributed by atoms with van der Waals surface area (Å²) in [6, 6.07) is 3.56. The lowest BCUT2D eigenvalue weighted by molar-refractivity contribution is -0.142. The molecular formula is C14H19ClN2O4. The molecule has 7 heteroatoms. The van der Waals surface area contributed by atoms with Crippen LogP contribution < -0.4 is 11.1 Å². The summed E-state index contributed by atoms with van der Waals surface area (Å²) in [5, 5.41) is 2.93. The van der Waals surface area contributed by atoms with Crippen LogP contribution in [0.15, 0.2) is 18.2 Å². The Kier molecular flexibility index (Phi) is 5.57. The zero-order valence-corrected chi connectivity index (χ0v) is 13.2. The third-order valence-corrected chi connectivity index (χ3v) is 2.67. The average molecular weight is 315 g/mol. The maximum Gasteiger partial charge on any atom is 0.412 e. The molecule has 0 radical (unpaired) electrons. The van der Waals surface area contributed by atoms with Gasteiger partial charge in [-0.15, -0.1) is 0 Å². The van der Waals surface area contributed by atoms with Gasteiger partial charge in [0.2, 0.25) is 0 Å². The van der Waals surface area contributed by atoms with E-state index in [-0.39, 0.29) is 0 Å². The molecular weight excluding hydrogens is 296 g/mol. The predicted molar refractivity (Wildman–Crippen MR) is 80.3 cm³/mol. The first-order valence-corrected chi connectivity index (χ1v) is 6.64. The highest BCUT2D eigenvalue weighted by Gasteiger charge is 2.23. The quantitative estimate of drug-likeness (QED) is 0.837. The SMILES string of the molecule is COC(=O)C(N)c1cc(Cl)ccc1NC(=O)OC(C)(C)C. The smallest absolute Gasteiger partial charge is 0.412 e. The number of ether oxygens (including phenoxy) is 2. The molecule has 0 saturated carbocycles. The van der Waals surface area contributed by atoms with E-state index in [4.69, 9.17) is 22.1 Å². The van der Waals surface area contributed by atoms with E-state index in [1.54, 1.807) is 32.9 Å². The molecule has 1 rings (SSSR count). The van der Waals surface area contributed by atoms with Crippen molar-refractivity contribution in [3.63, 3.8) is 0 Å². The zero-order chi connectivity index (χ0) is 16.2. The number of nitrogens with one attached hydrogen (secondary N) is 1. The van der Waals surface area contributed by atoms with Gasteiger partial charge in [0.25, 0.3) is 0 Å². The van der Waals surface area contributed by atoms with Crippen LogP contribution in [0.1, 0.15) is 32.4 Å². The van der Waals surface area contributed by atoms with Crippen molar-refractivity contribution in [2.24, 2.45) is 5.73 Å². The standard InChI is InChI=1S/C14H19ClN2O4/c1-14(2,3)21-13(19)17-10-6-5-8(15)7-9(10)11(16)12(18)20-4/h5-7,11H,16H2,1-4H3,(H,17,19). The number of anilines is 1. The molecule has 1 unspecified atom stereocenters. The number of nitrogens with two attached hydrogens (primary N) is 1. The number of hydrogen-bond acceptors (Lipinski definition) is 5. The van der Waals surface area contributed by atoms with E-state index in [0.29, 0.717) is 16.3 Å². The van der Waals surface area contributed by atoms with Crippen LogP contribution in [0.3, 0.4) is 0 Å². The molecule has 0 bridgehead atoms. The molecule has 0 saturated heterocycles. The van der Waals surface area contributed by atoms with Crippen LogP contribution in [0.2, 0.25) is 5.02 Å². The van der Waals surface area contributed by atoms with Crippen LogP contribution in [0.25, 0.3) is 0 Å². The Balaban J connectivity index is 3.02. The predicted octanol–water partition coefficient (Wildman–Crippen LogP) is 2.86. The lowest BCUT2D eigenvalue weighted by Gasteiger charge is -2.21. The summed E-state index contributed by atoms with van der Waals surface area (Å²) < 4.78 is 9.75. The number of benzene rings is 1. The van der Waals surface area contributed by atoms with E-state index in [9.17, 15) is 9.59 Å². The van der Waals surface area contributed by atoms with Crippen molar-refractivity contribution in [3.8, 4) is 0 Å². The first kappa shape index (κ1) is 17.3. The third kappa shape index (κ3) is 5.24. The second kappa shape index (κ2) is 6.78. The Morgan fingerprint density at radius 1 is 1.33 bits per heavy atom. The fraction of sp³-hybridized carbons (Fsp3) is 0.429. The van der Waals surface area contributed by atoms with E-state index >= 15 is 0 Å². The third-order valence-electron chi connectivity index (χ3n) is 2.44. The van der Waals surface area contributed by atoms with E-state index in [1.165, 1.54) is 13.2 Å². The Morgan fingerprint density at radius 2 is 1.95 bits per heavy atom. The van der Waals surface area contributed by atoms with E-state index < -0.39 is 23.7 Å². The summed E-state index contributed by atoms with van der Waals surface area (Å²) in [5.41, 5.74) is 5.85. The summed E-state index contributed by atoms with van der Waals surface area (Å²) in [5.74, 6) is -0.635. The normalized spacial score (nSPS) is 12.5. The van der Waals surface area contributed by atoms with Crippen molar-refractivity contribution in [2.75, 3.05) is 12.4 Å².